The average molecular weight is 414 g/mol. The number of rotatable bonds is 5. The fourth-order valence-corrected chi connectivity index (χ4v) is 4.77. The molecule has 8 heteroatoms. The monoisotopic (exact) mass is 414 g/mol. The molecule has 0 spiro atoms. The third-order valence-electron chi connectivity index (χ3n) is 6.39. The molecule has 1 saturated carbocycles. The van der Waals surface area contributed by atoms with Crippen molar-refractivity contribution in [3.8, 4) is 0 Å². The molecule has 0 aromatic carbocycles. The third kappa shape index (κ3) is 4.67. The molecule has 3 aliphatic rings. The van der Waals surface area contributed by atoms with E-state index in [1.165, 1.54) is 0 Å². The highest BCUT2D eigenvalue weighted by Crippen LogP contribution is 2.39. The Hall–Kier alpha value is -1.86. The van der Waals surface area contributed by atoms with E-state index in [1.807, 2.05) is 26.0 Å². The van der Waals surface area contributed by atoms with E-state index in [0.29, 0.717) is 19.3 Å². The van der Waals surface area contributed by atoms with Gasteiger partial charge in [-0.2, -0.15) is 13.2 Å². The molecule has 0 aromatic heterocycles. The minimum atomic E-state index is -4.20. The van der Waals surface area contributed by atoms with E-state index in [1.54, 1.807) is 0 Å². The first-order chi connectivity index (χ1) is 13.6. The molecule has 3 atom stereocenters. The van der Waals surface area contributed by atoms with Crippen LogP contribution in [0.1, 0.15) is 58.8 Å². The summed E-state index contributed by atoms with van der Waals surface area (Å²) in [6.45, 7) is 3.82. The second-order valence-electron chi connectivity index (χ2n) is 8.95. The maximum absolute atomic E-state index is 13.0. The van der Waals surface area contributed by atoms with Gasteiger partial charge in [-0.25, -0.2) is 0 Å². The van der Waals surface area contributed by atoms with Gasteiger partial charge in [-0.3, -0.25) is 19.3 Å². The van der Waals surface area contributed by atoms with Crippen LogP contribution in [0.4, 0.5) is 13.2 Å². The number of amides is 3. The van der Waals surface area contributed by atoms with Crippen molar-refractivity contribution in [2.24, 2.45) is 23.7 Å². The van der Waals surface area contributed by atoms with Crippen LogP contribution in [0, 0.1) is 23.7 Å². The van der Waals surface area contributed by atoms with Crippen LogP contribution in [0.5, 0.6) is 0 Å². The van der Waals surface area contributed by atoms with E-state index >= 15 is 0 Å². The number of hydrogen-bond acceptors (Lipinski definition) is 3. The lowest BCUT2D eigenvalue weighted by Gasteiger charge is -2.33. The standard InChI is InChI=1S/C21H29F3N2O3/c1-12(2)11-17(26-19(28)15-5-3-4-6-16(15)20(26)29)18(27)25-14-9-7-13(8-10-14)21(22,23)24/h3-4,12-17H,5-11H2,1-2H3,(H,25,27). The third-order valence-corrected chi connectivity index (χ3v) is 6.39. The van der Waals surface area contributed by atoms with Crippen LogP contribution in [0.3, 0.4) is 0 Å². The molecule has 1 saturated heterocycles. The summed E-state index contributed by atoms with van der Waals surface area (Å²) >= 11 is 0. The largest absolute Gasteiger partial charge is 0.391 e. The molecule has 2 fully saturated rings. The van der Waals surface area contributed by atoms with Crippen molar-refractivity contribution in [1.29, 1.82) is 0 Å². The zero-order valence-corrected chi connectivity index (χ0v) is 16.9. The predicted molar refractivity (Wildman–Crippen MR) is 100 cm³/mol. The number of halogens is 3. The van der Waals surface area contributed by atoms with Gasteiger partial charge < -0.3 is 5.32 Å². The number of fused-ring (bicyclic) bond motifs is 1. The van der Waals surface area contributed by atoms with E-state index in [-0.39, 0.29) is 49.5 Å². The predicted octanol–water partition coefficient (Wildman–Crippen LogP) is 3.59. The van der Waals surface area contributed by atoms with Gasteiger partial charge in [0.15, 0.2) is 0 Å². The second kappa shape index (κ2) is 8.48. The highest BCUT2D eigenvalue weighted by molar-refractivity contribution is 6.08. The van der Waals surface area contributed by atoms with Crippen LogP contribution in [0.25, 0.3) is 0 Å². The van der Waals surface area contributed by atoms with E-state index in [9.17, 15) is 27.6 Å². The number of nitrogens with one attached hydrogen (secondary N) is 1. The molecular weight excluding hydrogens is 385 g/mol. The summed E-state index contributed by atoms with van der Waals surface area (Å²) in [5.41, 5.74) is 0. The number of carbonyl (C=O) groups excluding carboxylic acids is 3. The summed E-state index contributed by atoms with van der Waals surface area (Å²) in [6.07, 6.45) is 1.41. The molecule has 5 nitrogen and oxygen atoms in total. The quantitative estimate of drug-likeness (QED) is 0.552. The van der Waals surface area contributed by atoms with E-state index in [2.05, 4.69) is 5.32 Å². The highest BCUT2D eigenvalue weighted by atomic mass is 19.4. The number of nitrogens with zero attached hydrogens (tertiary/aromatic N) is 1. The molecule has 1 heterocycles. The number of allylic oxidation sites excluding steroid dienone is 2. The molecule has 0 aromatic rings. The summed E-state index contributed by atoms with van der Waals surface area (Å²) in [5.74, 6) is -3.08. The molecule has 3 unspecified atom stereocenters. The van der Waals surface area contributed by atoms with Gasteiger partial charge in [0, 0.05) is 6.04 Å². The van der Waals surface area contributed by atoms with Crippen molar-refractivity contribution in [2.45, 2.75) is 77.1 Å². The number of alkyl halides is 3. The van der Waals surface area contributed by atoms with Crippen molar-refractivity contribution in [1.82, 2.24) is 10.2 Å². The van der Waals surface area contributed by atoms with Crippen LogP contribution in [-0.4, -0.2) is 40.9 Å². The van der Waals surface area contributed by atoms with Gasteiger partial charge in [0.2, 0.25) is 17.7 Å². The van der Waals surface area contributed by atoms with Crippen LogP contribution >= 0.6 is 0 Å². The van der Waals surface area contributed by atoms with Crippen molar-refractivity contribution < 1.29 is 27.6 Å². The highest BCUT2D eigenvalue weighted by Gasteiger charge is 2.51. The smallest absolute Gasteiger partial charge is 0.352 e. The molecule has 1 aliphatic heterocycles. The molecule has 2 aliphatic carbocycles. The topological polar surface area (TPSA) is 66.5 Å². The molecule has 0 bridgehead atoms. The van der Waals surface area contributed by atoms with Crippen molar-refractivity contribution in [3.63, 3.8) is 0 Å². The lowest BCUT2D eigenvalue weighted by atomic mass is 9.85. The zero-order valence-electron chi connectivity index (χ0n) is 16.9. The fourth-order valence-electron chi connectivity index (χ4n) is 4.77. The molecule has 162 valence electrons. The summed E-state index contributed by atoms with van der Waals surface area (Å²) in [7, 11) is 0. The van der Waals surface area contributed by atoms with Gasteiger partial charge in [0.25, 0.3) is 0 Å². The van der Waals surface area contributed by atoms with Gasteiger partial charge in [-0.15, -0.1) is 0 Å². The summed E-state index contributed by atoms with van der Waals surface area (Å²) in [4.78, 5) is 39.9. The molecule has 3 amide bonds. The first-order valence-electron chi connectivity index (χ1n) is 10.5. The Morgan fingerprint density at radius 2 is 1.59 bits per heavy atom. The number of imide groups is 1. The molecular formula is C21H29F3N2O3. The minimum absolute atomic E-state index is 0.0132. The summed E-state index contributed by atoms with van der Waals surface area (Å²) in [5, 5.41) is 2.83. The Morgan fingerprint density at radius 1 is 1.07 bits per heavy atom. The van der Waals surface area contributed by atoms with E-state index < -0.39 is 35.9 Å². The van der Waals surface area contributed by atoms with E-state index in [0.717, 1.165) is 4.90 Å². The minimum Gasteiger partial charge on any atom is -0.352 e. The Balaban J connectivity index is 1.68. The average Bonchev–Trinajstić information content (AvgIpc) is 2.90. The zero-order chi connectivity index (χ0) is 21.3. The van der Waals surface area contributed by atoms with Crippen molar-refractivity contribution in [3.05, 3.63) is 12.2 Å². The van der Waals surface area contributed by atoms with Gasteiger partial charge >= 0.3 is 6.18 Å². The van der Waals surface area contributed by atoms with Gasteiger partial charge in [0.05, 0.1) is 17.8 Å². The summed E-state index contributed by atoms with van der Waals surface area (Å²) < 4.78 is 38.6. The van der Waals surface area contributed by atoms with Crippen molar-refractivity contribution >= 4 is 17.7 Å². The van der Waals surface area contributed by atoms with Gasteiger partial charge in [-0.05, 0) is 50.9 Å². The van der Waals surface area contributed by atoms with Crippen LogP contribution < -0.4 is 5.32 Å². The lowest BCUT2D eigenvalue weighted by molar-refractivity contribution is -0.182. The lowest BCUT2D eigenvalue weighted by Crippen LogP contribution is -2.53. The fraction of sp³-hybridized carbons (Fsp3) is 0.762. The Kier molecular flexibility index (Phi) is 6.39. The molecule has 0 radical (unpaired) electrons. The SMILES string of the molecule is CC(C)CC(C(=O)NC1CCC(C(F)(F)F)CC1)N1C(=O)C2CC=CCC2C1=O. The van der Waals surface area contributed by atoms with Crippen molar-refractivity contribution in [2.75, 3.05) is 0 Å². The van der Waals surface area contributed by atoms with Crippen LogP contribution in [0.15, 0.2) is 12.2 Å². The Morgan fingerprint density at radius 3 is 2.03 bits per heavy atom. The van der Waals surface area contributed by atoms with Crippen LogP contribution in [-0.2, 0) is 14.4 Å². The number of hydrogen-bond donors (Lipinski definition) is 1. The first-order valence-corrected chi connectivity index (χ1v) is 10.5. The molecule has 29 heavy (non-hydrogen) atoms. The van der Waals surface area contributed by atoms with Gasteiger partial charge in [-0.1, -0.05) is 26.0 Å². The summed E-state index contributed by atoms with van der Waals surface area (Å²) in [6, 6.07) is -1.26. The maximum atomic E-state index is 13.0. The molecule has 1 N–H and O–H groups in total. The van der Waals surface area contributed by atoms with Crippen LogP contribution in [0.2, 0.25) is 0 Å². The number of likely N-dealkylation sites (tertiary alicyclic amines) is 1. The molecule has 3 rings (SSSR count). The second-order valence-corrected chi connectivity index (χ2v) is 8.95. The number of carbonyl (C=O) groups is 3. The first kappa shape index (κ1) is 21.8. The Labute approximate surface area is 169 Å². The van der Waals surface area contributed by atoms with E-state index in [4.69, 9.17) is 0 Å². The van der Waals surface area contributed by atoms with Gasteiger partial charge in [0.1, 0.15) is 6.04 Å². The maximum Gasteiger partial charge on any atom is 0.391 e. The normalized spacial score (nSPS) is 31.2. The Bertz CT molecular complexity index is 655.